The Morgan fingerprint density at radius 2 is 2.50 bits per heavy atom. The standard InChI is InChI=1S/C8H13N3O/c1-4-7(5-2)11-8(12)10(3)6-9-11/h4,6-7H,1,5H2,2-3H3. The summed E-state index contributed by atoms with van der Waals surface area (Å²) in [6.07, 6.45) is 4.07. The van der Waals surface area contributed by atoms with Crippen LogP contribution in [0.25, 0.3) is 0 Å². The highest BCUT2D eigenvalue weighted by Gasteiger charge is 2.08. The summed E-state index contributed by atoms with van der Waals surface area (Å²) >= 11 is 0. The van der Waals surface area contributed by atoms with Crippen molar-refractivity contribution in [1.82, 2.24) is 14.3 Å². The largest absolute Gasteiger partial charge is 0.346 e. The molecule has 0 N–H and O–H groups in total. The third kappa shape index (κ3) is 1.32. The van der Waals surface area contributed by atoms with Crippen molar-refractivity contribution >= 4 is 0 Å². The Kier molecular flexibility index (Phi) is 2.47. The van der Waals surface area contributed by atoms with Crippen LogP contribution in [-0.2, 0) is 7.05 Å². The summed E-state index contributed by atoms with van der Waals surface area (Å²) < 4.78 is 2.89. The van der Waals surface area contributed by atoms with Crippen LogP contribution in [0.1, 0.15) is 19.4 Å². The Balaban J connectivity index is 3.09. The highest BCUT2D eigenvalue weighted by atomic mass is 16.2. The molecule has 0 radical (unpaired) electrons. The number of aryl methyl sites for hydroxylation is 1. The Labute approximate surface area is 71.1 Å². The van der Waals surface area contributed by atoms with E-state index in [1.165, 1.54) is 15.6 Å². The second-order valence-corrected chi connectivity index (χ2v) is 2.68. The van der Waals surface area contributed by atoms with Crippen LogP contribution in [0.3, 0.4) is 0 Å². The molecule has 0 saturated heterocycles. The number of rotatable bonds is 3. The first kappa shape index (κ1) is 8.77. The predicted octanol–water partition coefficient (Wildman–Crippen LogP) is 0.719. The van der Waals surface area contributed by atoms with Crippen LogP contribution >= 0.6 is 0 Å². The van der Waals surface area contributed by atoms with Crippen LogP contribution in [-0.4, -0.2) is 14.3 Å². The molecule has 0 fully saturated rings. The van der Waals surface area contributed by atoms with Crippen molar-refractivity contribution in [3.8, 4) is 0 Å². The molecule has 0 aliphatic rings. The third-order valence-electron chi connectivity index (χ3n) is 1.85. The van der Waals surface area contributed by atoms with Gasteiger partial charge in [-0.1, -0.05) is 13.0 Å². The van der Waals surface area contributed by atoms with Gasteiger partial charge in [-0.2, -0.15) is 5.10 Å². The zero-order valence-corrected chi connectivity index (χ0v) is 7.40. The van der Waals surface area contributed by atoms with Crippen molar-refractivity contribution in [2.75, 3.05) is 0 Å². The lowest BCUT2D eigenvalue weighted by Gasteiger charge is -2.06. The van der Waals surface area contributed by atoms with Crippen molar-refractivity contribution in [2.45, 2.75) is 19.4 Å². The summed E-state index contributed by atoms with van der Waals surface area (Å²) in [7, 11) is 1.68. The topological polar surface area (TPSA) is 39.8 Å². The van der Waals surface area contributed by atoms with Gasteiger partial charge in [0.2, 0.25) is 0 Å². The lowest BCUT2D eigenvalue weighted by atomic mass is 10.2. The van der Waals surface area contributed by atoms with Crippen molar-refractivity contribution in [3.63, 3.8) is 0 Å². The number of nitrogens with zero attached hydrogens (tertiary/aromatic N) is 3. The van der Waals surface area contributed by atoms with Gasteiger partial charge in [-0.05, 0) is 6.42 Å². The van der Waals surface area contributed by atoms with E-state index in [9.17, 15) is 4.79 Å². The Bertz CT molecular complexity index is 323. The van der Waals surface area contributed by atoms with Gasteiger partial charge in [0.1, 0.15) is 6.33 Å². The highest BCUT2D eigenvalue weighted by Crippen LogP contribution is 2.06. The SMILES string of the molecule is C=CC(CC)n1ncn(C)c1=O. The summed E-state index contributed by atoms with van der Waals surface area (Å²) in [5, 5.41) is 3.95. The number of allylic oxidation sites excluding steroid dienone is 1. The summed E-state index contributed by atoms with van der Waals surface area (Å²) in [4.78, 5) is 11.3. The van der Waals surface area contributed by atoms with Gasteiger partial charge in [0.25, 0.3) is 0 Å². The molecule has 4 heteroatoms. The lowest BCUT2D eigenvalue weighted by molar-refractivity contribution is 0.503. The average molecular weight is 167 g/mol. The van der Waals surface area contributed by atoms with Crippen LogP contribution in [0.5, 0.6) is 0 Å². The van der Waals surface area contributed by atoms with E-state index >= 15 is 0 Å². The van der Waals surface area contributed by atoms with Crippen molar-refractivity contribution < 1.29 is 0 Å². The third-order valence-corrected chi connectivity index (χ3v) is 1.85. The van der Waals surface area contributed by atoms with E-state index in [4.69, 9.17) is 0 Å². The fourth-order valence-corrected chi connectivity index (χ4v) is 1.06. The van der Waals surface area contributed by atoms with Gasteiger partial charge in [-0.25, -0.2) is 9.48 Å². The molecular weight excluding hydrogens is 154 g/mol. The van der Waals surface area contributed by atoms with Crippen LogP contribution in [0, 0.1) is 0 Å². The minimum absolute atomic E-state index is 0.0127. The second-order valence-electron chi connectivity index (χ2n) is 2.68. The van der Waals surface area contributed by atoms with Gasteiger partial charge in [0, 0.05) is 7.05 Å². The maximum atomic E-state index is 11.3. The zero-order valence-electron chi connectivity index (χ0n) is 7.40. The summed E-state index contributed by atoms with van der Waals surface area (Å²) in [5.74, 6) is 0. The zero-order chi connectivity index (χ0) is 9.14. The van der Waals surface area contributed by atoms with E-state index in [1.54, 1.807) is 13.1 Å². The van der Waals surface area contributed by atoms with E-state index in [2.05, 4.69) is 11.7 Å². The van der Waals surface area contributed by atoms with Gasteiger partial charge < -0.3 is 0 Å². The van der Waals surface area contributed by atoms with Crippen LogP contribution in [0.15, 0.2) is 23.8 Å². The maximum absolute atomic E-state index is 11.3. The first-order valence-electron chi connectivity index (χ1n) is 3.93. The van der Waals surface area contributed by atoms with Crippen LogP contribution in [0.2, 0.25) is 0 Å². The predicted molar refractivity (Wildman–Crippen MR) is 47.0 cm³/mol. The lowest BCUT2D eigenvalue weighted by Crippen LogP contribution is -2.25. The molecule has 0 amide bonds. The molecule has 1 unspecified atom stereocenters. The molecule has 1 heterocycles. The molecule has 0 saturated carbocycles. The molecule has 1 aromatic heterocycles. The van der Waals surface area contributed by atoms with Crippen molar-refractivity contribution in [1.29, 1.82) is 0 Å². The highest BCUT2D eigenvalue weighted by molar-refractivity contribution is 4.84. The van der Waals surface area contributed by atoms with Gasteiger partial charge in [0.05, 0.1) is 6.04 Å². The molecule has 0 aliphatic heterocycles. The molecular formula is C8H13N3O. The average Bonchev–Trinajstić information content (AvgIpc) is 2.38. The molecule has 1 atom stereocenters. The Morgan fingerprint density at radius 1 is 1.83 bits per heavy atom. The minimum Gasteiger partial charge on any atom is -0.285 e. The van der Waals surface area contributed by atoms with Gasteiger partial charge in [-0.15, -0.1) is 6.58 Å². The van der Waals surface area contributed by atoms with Gasteiger partial charge in [-0.3, -0.25) is 4.57 Å². The Morgan fingerprint density at radius 3 is 2.83 bits per heavy atom. The monoisotopic (exact) mass is 167 g/mol. The number of hydrogen-bond acceptors (Lipinski definition) is 2. The van der Waals surface area contributed by atoms with E-state index in [0.29, 0.717) is 0 Å². The van der Waals surface area contributed by atoms with Crippen molar-refractivity contribution in [2.24, 2.45) is 7.05 Å². The van der Waals surface area contributed by atoms with E-state index < -0.39 is 0 Å². The second kappa shape index (κ2) is 3.38. The maximum Gasteiger partial charge on any atom is 0.346 e. The first-order valence-corrected chi connectivity index (χ1v) is 3.93. The van der Waals surface area contributed by atoms with E-state index in [-0.39, 0.29) is 11.7 Å². The van der Waals surface area contributed by atoms with Crippen molar-refractivity contribution in [3.05, 3.63) is 29.5 Å². The normalized spacial score (nSPS) is 12.8. The quantitative estimate of drug-likeness (QED) is 0.622. The fraction of sp³-hybridized carbons (Fsp3) is 0.500. The fourth-order valence-electron chi connectivity index (χ4n) is 1.06. The molecule has 66 valence electrons. The molecule has 12 heavy (non-hydrogen) atoms. The smallest absolute Gasteiger partial charge is 0.285 e. The summed E-state index contributed by atoms with van der Waals surface area (Å²) in [6.45, 7) is 5.64. The molecule has 0 aliphatic carbocycles. The number of hydrogen-bond donors (Lipinski definition) is 0. The van der Waals surface area contributed by atoms with Gasteiger partial charge >= 0.3 is 5.69 Å². The van der Waals surface area contributed by atoms with E-state index in [0.717, 1.165) is 6.42 Å². The molecule has 1 aromatic rings. The Hall–Kier alpha value is -1.32. The molecule has 0 bridgehead atoms. The molecule has 0 spiro atoms. The first-order chi connectivity index (χ1) is 5.70. The molecule has 1 rings (SSSR count). The molecule has 4 nitrogen and oxygen atoms in total. The number of aromatic nitrogens is 3. The summed E-state index contributed by atoms with van der Waals surface area (Å²) in [5.41, 5.74) is -0.0956. The summed E-state index contributed by atoms with van der Waals surface area (Å²) in [6, 6.07) is 0.0127. The molecule has 0 aromatic carbocycles. The van der Waals surface area contributed by atoms with Crippen LogP contribution < -0.4 is 5.69 Å². The van der Waals surface area contributed by atoms with Crippen LogP contribution in [0.4, 0.5) is 0 Å². The van der Waals surface area contributed by atoms with E-state index in [1.807, 2.05) is 6.92 Å². The van der Waals surface area contributed by atoms with Gasteiger partial charge in [0.15, 0.2) is 0 Å². The minimum atomic E-state index is -0.0956.